The Kier molecular flexibility index (Phi) is 7.02. The molecule has 3 aromatic carbocycles. The van der Waals surface area contributed by atoms with Gasteiger partial charge in [-0.15, -0.1) is 0 Å². The van der Waals surface area contributed by atoms with Crippen molar-refractivity contribution in [2.24, 2.45) is 7.05 Å². The standard InChI is InChI=1S/C29H23FN2O5S/c1-17(27-28(34)31-29(35)38-27)18-9-13-21(14-10-18)36-15-16-37-26-24(19-7-11-20(30)12-8-19)32(2)23-6-4-3-5-22(23)25(26)33/h3-14H,15-16H2,1-2H3,(H,31,34,35). The van der Waals surface area contributed by atoms with E-state index in [1.54, 1.807) is 55.5 Å². The minimum atomic E-state index is -0.394. The molecule has 0 bridgehead atoms. The normalized spacial score (nSPS) is 14.5. The number of amides is 2. The summed E-state index contributed by atoms with van der Waals surface area (Å²) in [5.41, 5.74) is 3.19. The van der Waals surface area contributed by atoms with E-state index >= 15 is 0 Å². The zero-order valence-corrected chi connectivity index (χ0v) is 21.4. The number of imide groups is 1. The predicted octanol–water partition coefficient (Wildman–Crippen LogP) is 5.52. The Morgan fingerprint density at radius 2 is 1.61 bits per heavy atom. The lowest BCUT2D eigenvalue weighted by atomic mass is 10.1. The summed E-state index contributed by atoms with van der Waals surface area (Å²) in [7, 11) is 1.84. The van der Waals surface area contributed by atoms with Crippen molar-refractivity contribution < 1.29 is 23.5 Å². The Balaban J connectivity index is 1.33. The molecule has 0 radical (unpaired) electrons. The van der Waals surface area contributed by atoms with E-state index in [0.29, 0.717) is 32.9 Å². The molecule has 0 atom stereocenters. The lowest BCUT2D eigenvalue weighted by molar-refractivity contribution is -0.115. The number of thioether (sulfide) groups is 1. The molecule has 0 saturated carbocycles. The minimum absolute atomic E-state index is 0.103. The fraction of sp³-hybridized carbons (Fsp3) is 0.138. The summed E-state index contributed by atoms with van der Waals surface area (Å²) in [6.45, 7) is 2.06. The molecule has 2 amide bonds. The molecule has 192 valence electrons. The zero-order valence-electron chi connectivity index (χ0n) is 20.6. The first-order chi connectivity index (χ1) is 18.3. The third-order valence-electron chi connectivity index (χ3n) is 6.23. The summed E-state index contributed by atoms with van der Waals surface area (Å²) in [5, 5.41) is 2.40. The number of carbonyl (C=O) groups is 2. The van der Waals surface area contributed by atoms with Crippen molar-refractivity contribution in [1.82, 2.24) is 9.88 Å². The number of benzene rings is 3. The molecule has 0 spiro atoms. The highest BCUT2D eigenvalue weighted by Gasteiger charge is 2.27. The van der Waals surface area contributed by atoms with Gasteiger partial charge in [-0.05, 0) is 78.4 Å². The second-order valence-corrected chi connectivity index (χ2v) is 9.59. The molecule has 1 aromatic heterocycles. The number of ether oxygens (including phenoxy) is 2. The molecule has 1 saturated heterocycles. The minimum Gasteiger partial charge on any atom is -0.490 e. The topological polar surface area (TPSA) is 86.6 Å². The van der Waals surface area contributed by atoms with Crippen LogP contribution >= 0.6 is 11.8 Å². The Labute approximate surface area is 221 Å². The smallest absolute Gasteiger partial charge is 0.290 e. The maximum absolute atomic E-state index is 13.6. The molecular weight excluding hydrogens is 507 g/mol. The summed E-state index contributed by atoms with van der Waals surface area (Å²) in [5.74, 6) is -0.0119. The average Bonchev–Trinajstić information content (AvgIpc) is 3.27. The number of fused-ring (bicyclic) bond motifs is 1. The molecule has 0 unspecified atom stereocenters. The van der Waals surface area contributed by atoms with Crippen molar-refractivity contribution >= 4 is 39.4 Å². The molecule has 1 N–H and O–H groups in total. The Bertz CT molecular complexity index is 1640. The third-order valence-corrected chi connectivity index (χ3v) is 7.21. The number of pyridine rings is 1. The number of hydrogen-bond acceptors (Lipinski definition) is 6. The van der Waals surface area contributed by atoms with E-state index in [4.69, 9.17) is 9.47 Å². The Hall–Kier alpha value is -4.37. The highest BCUT2D eigenvalue weighted by atomic mass is 32.2. The largest absolute Gasteiger partial charge is 0.490 e. The summed E-state index contributed by atoms with van der Waals surface area (Å²) >= 11 is 0.885. The summed E-state index contributed by atoms with van der Waals surface area (Å²) in [6, 6.07) is 20.3. The predicted molar refractivity (Wildman–Crippen MR) is 146 cm³/mol. The van der Waals surface area contributed by atoms with Crippen molar-refractivity contribution in [1.29, 1.82) is 0 Å². The van der Waals surface area contributed by atoms with Crippen molar-refractivity contribution in [2.45, 2.75) is 6.92 Å². The van der Waals surface area contributed by atoms with Gasteiger partial charge >= 0.3 is 0 Å². The molecule has 9 heteroatoms. The van der Waals surface area contributed by atoms with Gasteiger partial charge in [0.05, 0.1) is 16.1 Å². The zero-order chi connectivity index (χ0) is 26.8. The van der Waals surface area contributed by atoms with Crippen LogP contribution in [0.1, 0.15) is 12.5 Å². The van der Waals surface area contributed by atoms with Gasteiger partial charge in [-0.1, -0.05) is 24.3 Å². The molecule has 1 aliphatic rings. The van der Waals surface area contributed by atoms with Crippen molar-refractivity contribution in [3.63, 3.8) is 0 Å². The van der Waals surface area contributed by atoms with Gasteiger partial charge in [0.15, 0.2) is 5.75 Å². The lowest BCUT2D eigenvalue weighted by Crippen LogP contribution is -2.18. The Morgan fingerprint density at radius 3 is 2.29 bits per heavy atom. The first kappa shape index (κ1) is 25.3. The van der Waals surface area contributed by atoms with Crippen LogP contribution in [-0.2, 0) is 11.8 Å². The van der Waals surface area contributed by atoms with Gasteiger partial charge in [0.1, 0.15) is 24.8 Å². The van der Waals surface area contributed by atoms with Crippen LogP contribution in [0.4, 0.5) is 9.18 Å². The van der Waals surface area contributed by atoms with Crippen LogP contribution in [0.5, 0.6) is 11.5 Å². The van der Waals surface area contributed by atoms with E-state index in [2.05, 4.69) is 5.32 Å². The first-order valence-electron chi connectivity index (χ1n) is 11.8. The highest BCUT2D eigenvalue weighted by Crippen LogP contribution is 2.32. The SMILES string of the molecule is CC(=C1SC(=O)NC1=O)c1ccc(OCCOc2c(-c3ccc(F)cc3)n(C)c3ccccc3c2=O)cc1. The fourth-order valence-corrected chi connectivity index (χ4v) is 5.07. The first-order valence-corrected chi connectivity index (χ1v) is 12.6. The molecule has 0 aliphatic carbocycles. The summed E-state index contributed by atoms with van der Waals surface area (Å²) < 4.78 is 27.2. The number of carbonyl (C=O) groups excluding carboxylic acids is 2. The van der Waals surface area contributed by atoms with Crippen LogP contribution in [0.25, 0.3) is 27.7 Å². The van der Waals surface area contributed by atoms with E-state index in [0.717, 1.165) is 22.8 Å². The molecule has 2 heterocycles. The molecule has 1 aliphatic heterocycles. The molecular formula is C29H23FN2O5S. The monoisotopic (exact) mass is 530 g/mol. The molecule has 38 heavy (non-hydrogen) atoms. The number of hydrogen-bond donors (Lipinski definition) is 1. The van der Waals surface area contributed by atoms with Crippen molar-refractivity contribution in [3.8, 4) is 22.8 Å². The fourth-order valence-electron chi connectivity index (χ4n) is 4.32. The van der Waals surface area contributed by atoms with Crippen LogP contribution in [-0.4, -0.2) is 28.9 Å². The maximum atomic E-state index is 13.6. The van der Waals surface area contributed by atoms with E-state index in [9.17, 15) is 18.8 Å². The molecule has 4 aromatic rings. The van der Waals surface area contributed by atoms with E-state index < -0.39 is 5.91 Å². The van der Waals surface area contributed by atoms with Crippen LogP contribution in [0.2, 0.25) is 0 Å². The number of nitrogens with one attached hydrogen (secondary N) is 1. The van der Waals surface area contributed by atoms with Gasteiger partial charge < -0.3 is 14.0 Å². The number of halogens is 1. The van der Waals surface area contributed by atoms with Crippen LogP contribution < -0.4 is 20.2 Å². The summed E-state index contributed by atoms with van der Waals surface area (Å²) in [4.78, 5) is 37.1. The number of allylic oxidation sites excluding steroid dienone is 1. The molecule has 7 nitrogen and oxygen atoms in total. The van der Waals surface area contributed by atoms with E-state index in [-0.39, 0.29) is 35.4 Å². The second kappa shape index (κ2) is 10.5. The average molecular weight is 531 g/mol. The number of aryl methyl sites for hydroxylation is 1. The van der Waals surface area contributed by atoms with Gasteiger partial charge in [-0.25, -0.2) is 4.39 Å². The van der Waals surface area contributed by atoms with Gasteiger partial charge in [0.2, 0.25) is 5.43 Å². The van der Waals surface area contributed by atoms with Crippen molar-refractivity contribution in [2.75, 3.05) is 13.2 Å². The highest BCUT2D eigenvalue weighted by molar-refractivity contribution is 8.18. The van der Waals surface area contributed by atoms with Crippen molar-refractivity contribution in [3.05, 3.63) is 99.3 Å². The Morgan fingerprint density at radius 1 is 0.921 bits per heavy atom. The van der Waals surface area contributed by atoms with Gasteiger partial charge in [-0.3, -0.25) is 19.7 Å². The second-order valence-electron chi connectivity index (χ2n) is 8.61. The number of nitrogens with zero attached hydrogens (tertiary/aromatic N) is 1. The van der Waals surface area contributed by atoms with Crippen LogP contribution in [0, 0.1) is 5.82 Å². The number of rotatable bonds is 7. The van der Waals surface area contributed by atoms with Gasteiger partial charge in [-0.2, -0.15) is 0 Å². The van der Waals surface area contributed by atoms with Crippen LogP contribution in [0.3, 0.4) is 0 Å². The van der Waals surface area contributed by atoms with Gasteiger partial charge in [0.25, 0.3) is 11.1 Å². The maximum Gasteiger partial charge on any atom is 0.290 e. The van der Waals surface area contributed by atoms with Crippen LogP contribution in [0.15, 0.2) is 82.5 Å². The van der Waals surface area contributed by atoms with E-state index in [1.807, 2.05) is 23.7 Å². The summed E-state index contributed by atoms with van der Waals surface area (Å²) in [6.07, 6.45) is 0. The molecule has 1 fully saturated rings. The van der Waals surface area contributed by atoms with E-state index in [1.165, 1.54) is 12.1 Å². The number of para-hydroxylation sites is 1. The number of aromatic nitrogens is 1. The third kappa shape index (κ3) is 4.92. The lowest BCUT2D eigenvalue weighted by Gasteiger charge is -2.18. The van der Waals surface area contributed by atoms with Gasteiger partial charge in [0, 0.05) is 18.0 Å². The molecule has 5 rings (SSSR count). The quantitative estimate of drug-likeness (QED) is 0.250.